The normalized spacial score (nSPS) is 14.8. The molecular formula is C28H32N2O6. The number of aliphatic imine (C=N–C) groups is 1. The van der Waals surface area contributed by atoms with Crippen LogP contribution in [0.1, 0.15) is 12.8 Å². The minimum absolute atomic E-state index is 0.0665. The number of hydrogen-bond donors (Lipinski definition) is 3. The lowest BCUT2D eigenvalue weighted by molar-refractivity contribution is 0.257. The van der Waals surface area contributed by atoms with Gasteiger partial charge in [-0.1, -0.05) is 18.2 Å². The second-order valence-corrected chi connectivity index (χ2v) is 8.79. The number of methoxy groups -OCH3 is 2. The van der Waals surface area contributed by atoms with E-state index >= 15 is 0 Å². The largest absolute Gasteiger partial charge is 0.508 e. The van der Waals surface area contributed by atoms with E-state index in [1.165, 1.54) is 20.3 Å². The van der Waals surface area contributed by atoms with E-state index in [0.29, 0.717) is 34.2 Å². The Morgan fingerprint density at radius 2 is 1.61 bits per heavy atom. The molecule has 0 bridgehead atoms. The molecule has 0 radical (unpaired) electrons. The van der Waals surface area contributed by atoms with Crippen LogP contribution in [0.4, 0.5) is 0 Å². The molecule has 3 aromatic rings. The number of piperidine rings is 1. The number of nitrogens with zero attached hydrogens (tertiary/aromatic N) is 2. The number of phenols is 3. The van der Waals surface area contributed by atoms with Crippen LogP contribution in [-0.4, -0.2) is 73.4 Å². The van der Waals surface area contributed by atoms with E-state index < -0.39 is 0 Å². The second-order valence-electron chi connectivity index (χ2n) is 8.79. The number of likely N-dealkylation sites (tertiary alicyclic amines) is 1. The van der Waals surface area contributed by atoms with Gasteiger partial charge in [-0.2, -0.15) is 0 Å². The van der Waals surface area contributed by atoms with Gasteiger partial charge in [0.2, 0.25) is 0 Å². The Balaban J connectivity index is 1.56. The van der Waals surface area contributed by atoms with Crippen LogP contribution in [0.15, 0.2) is 53.5 Å². The van der Waals surface area contributed by atoms with Crippen LogP contribution in [0.5, 0.6) is 34.5 Å². The zero-order valence-corrected chi connectivity index (χ0v) is 20.8. The molecule has 0 unspecified atom stereocenters. The Morgan fingerprint density at radius 1 is 0.917 bits per heavy atom. The highest BCUT2D eigenvalue weighted by atomic mass is 16.5. The first kappa shape index (κ1) is 25.2. The molecule has 8 heteroatoms. The van der Waals surface area contributed by atoms with Crippen molar-refractivity contribution in [1.29, 1.82) is 0 Å². The maximum atomic E-state index is 11.1. The molecular weight excluding hydrogens is 460 g/mol. The standard InChI is InChI=1S/C28H32N2O6/c1-30-13-10-20(11-14-30)29-12-15-36-24-9-6-19(16-23(24)32)26-25(34-2)17-22(28(35-3)27(26)33)18-4-7-21(31)8-5-18/h4-9,12,16-17,20,31-33H,10-11,13-15H2,1-3H3/b29-12+. The van der Waals surface area contributed by atoms with Gasteiger partial charge in [0.25, 0.3) is 0 Å². The van der Waals surface area contributed by atoms with Gasteiger partial charge in [-0.05, 0) is 74.4 Å². The molecule has 0 saturated carbocycles. The highest BCUT2D eigenvalue weighted by Gasteiger charge is 2.22. The van der Waals surface area contributed by atoms with Gasteiger partial charge >= 0.3 is 0 Å². The third kappa shape index (κ3) is 5.49. The highest BCUT2D eigenvalue weighted by molar-refractivity contribution is 5.88. The fourth-order valence-corrected chi connectivity index (χ4v) is 4.39. The Hall–Kier alpha value is -3.91. The van der Waals surface area contributed by atoms with Gasteiger partial charge in [-0.3, -0.25) is 4.99 Å². The summed E-state index contributed by atoms with van der Waals surface area (Å²) in [6.07, 6.45) is 3.83. The van der Waals surface area contributed by atoms with Crippen LogP contribution in [0, 0.1) is 0 Å². The van der Waals surface area contributed by atoms with E-state index in [2.05, 4.69) is 16.9 Å². The fourth-order valence-electron chi connectivity index (χ4n) is 4.39. The molecule has 1 fully saturated rings. The smallest absolute Gasteiger partial charge is 0.170 e. The number of phenolic OH excluding ortho intramolecular Hbond substituents is 3. The fraction of sp³-hybridized carbons (Fsp3) is 0.321. The Bertz CT molecular complexity index is 1220. The minimum Gasteiger partial charge on any atom is -0.508 e. The summed E-state index contributed by atoms with van der Waals surface area (Å²) in [5.41, 5.74) is 2.24. The van der Waals surface area contributed by atoms with Gasteiger partial charge in [0.1, 0.15) is 18.1 Å². The second kappa shape index (κ2) is 11.2. The third-order valence-electron chi connectivity index (χ3n) is 6.39. The number of aromatic hydroxyl groups is 3. The van der Waals surface area contributed by atoms with Gasteiger partial charge < -0.3 is 34.4 Å². The molecule has 4 rings (SSSR count). The molecule has 0 aromatic heterocycles. The summed E-state index contributed by atoms with van der Waals surface area (Å²) in [4.78, 5) is 6.88. The Morgan fingerprint density at radius 3 is 2.25 bits per heavy atom. The summed E-state index contributed by atoms with van der Waals surface area (Å²) >= 11 is 0. The van der Waals surface area contributed by atoms with Crippen molar-refractivity contribution in [3.63, 3.8) is 0 Å². The van der Waals surface area contributed by atoms with E-state index in [-0.39, 0.29) is 29.6 Å². The monoisotopic (exact) mass is 492 g/mol. The SMILES string of the molecule is COc1cc(-c2ccc(O)cc2)c(OC)c(O)c1-c1ccc(OC/C=N/C2CCN(C)CC2)c(O)c1. The molecule has 0 spiro atoms. The molecule has 0 amide bonds. The quantitative estimate of drug-likeness (QED) is 0.392. The maximum Gasteiger partial charge on any atom is 0.170 e. The minimum atomic E-state index is -0.127. The molecule has 1 saturated heterocycles. The Labute approximate surface area is 211 Å². The van der Waals surface area contributed by atoms with Crippen molar-refractivity contribution < 1.29 is 29.5 Å². The van der Waals surface area contributed by atoms with Crippen molar-refractivity contribution >= 4 is 6.21 Å². The lowest BCUT2D eigenvalue weighted by Gasteiger charge is -2.26. The molecule has 0 atom stereocenters. The summed E-state index contributed by atoms with van der Waals surface area (Å²) in [6.45, 7) is 2.34. The molecule has 1 aliphatic heterocycles. The highest BCUT2D eigenvalue weighted by Crippen LogP contribution is 2.50. The first-order valence-electron chi connectivity index (χ1n) is 11.8. The van der Waals surface area contributed by atoms with Crippen LogP contribution < -0.4 is 14.2 Å². The van der Waals surface area contributed by atoms with Crippen molar-refractivity contribution in [1.82, 2.24) is 4.90 Å². The van der Waals surface area contributed by atoms with E-state index in [1.807, 2.05) is 0 Å². The van der Waals surface area contributed by atoms with Gasteiger partial charge in [0.05, 0.1) is 25.8 Å². The molecule has 0 aliphatic carbocycles. The first-order valence-corrected chi connectivity index (χ1v) is 11.8. The number of rotatable bonds is 8. The molecule has 190 valence electrons. The maximum absolute atomic E-state index is 11.1. The third-order valence-corrected chi connectivity index (χ3v) is 6.39. The molecule has 1 heterocycles. The first-order chi connectivity index (χ1) is 17.4. The summed E-state index contributed by atoms with van der Waals surface area (Å²) in [7, 11) is 5.09. The Kier molecular flexibility index (Phi) is 7.85. The van der Waals surface area contributed by atoms with Gasteiger partial charge in [0, 0.05) is 11.8 Å². The number of hydrogen-bond acceptors (Lipinski definition) is 8. The van der Waals surface area contributed by atoms with Crippen molar-refractivity contribution in [3.05, 3.63) is 48.5 Å². The van der Waals surface area contributed by atoms with Crippen LogP contribution >= 0.6 is 0 Å². The summed E-state index contributed by atoms with van der Waals surface area (Å²) < 4.78 is 16.8. The molecule has 3 N–H and O–H groups in total. The summed E-state index contributed by atoms with van der Waals surface area (Å²) in [5.74, 6) is 0.911. The van der Waals surface area contributed by atoms with Gasteiger partial charge in [-0.25, -0.2) is 0 Å². The van der Waals surface area contributed by atoms with E-state index in [4.69, 9.17) is 14.2 Å². The van der Waals surface area contributed by atoms with Crippen molar-refractivity contribution in [2.24, 2.45) is 4.99 Å². The van der Waals surface area contributed by atoms with E-state index in [9.17, 15) is 15.3 Å². The number of benzene rings is 3. The molecule has 1 aliphatic rings. The van der Waals surface area contributed by atoms with Crippen molar-refractivity contribution in [3.8, 4) is 56.8 Å². The van der Waals surface area contributed by atoms with E-state index in [1.54, 1.807) is 48.7 Å². The van der Waals surface area contributed by atoms with Crippen molar-refractivity contribution in [2.75, 3.05) is 41.0 Å². The topological polar surface area (TPSA) is 104 Å². The average Bonchev–Trinajstić information content (AvgIpc) is 2.88. The summed E-state index contributed by atoms with van der Waals surface area (Å²) in [5, 5.41) is 31.4. The predicted octanol–water partition coefficient (Wildman–Crippen LogP) is 4.70. The van der Waals surface area contributed by atoms with Gasteiger partial charge in [0.15, 0.2) is 23.0 Å². The van der Waals surface area contributed by atoms with Crippen LogP contribution in [0.25, 0.3) is 22.3 Å². The van der Waals surface area contributed by atoms with E-state index in [0.717, 1.165) is 31.5 Å². The zero-order chi connectivity index (χ0) is 25.7. The zero-order valence-electron chi connectivity index (χ0n) is 20.8. The molecule has 3 aromatic carbocycles. The lowest BCUT2D eigenvalue weighted by atomic mass is 9.96. The van der Waals surface area contributed by atoms with Crippen LogP contribution in [-0.2, 0) is 0 Å². The predicted molar refractivity (Wildman–Crippen MR) is 140 cm³/mol. The lowest BCUT2D eigenvalue weighted by Crippen LogP contribution is -2.32. The molecule has 36 heavy (non-hydrogen) atoms. The van der Waals surface area contributed by atoms with Gasteiger partial charge in [-0.15, -0.1) is 0 Å². The van der Waals surface area contributed by atoms with Crippen LogP contribution in [0.3, 0.4) is 0 Å². The summed E-state index contributed by atoms with van der Waals surface area (Å²) in [6, 6.07) is 13.5. The van der Waals surface area contributed by atoms with Crippen molar-refractivity contribution in [2.45, 2.75) is 18.9 Å². The van der Waals surface area contributed by atoms with Crippen LogP contribution in [0.2, 0.25) is 0 Å². The average molecular weight is 493 g/mol. The number of ether oxygens (including phenoxy) is 3. The molecule has 8 nitrogen and oxygen atoms in total.